The standard InChI is InChI=1S/C19H21NO2/c1-19(2,3)18(22)20-17(15-7-5-4-6-8-15)16-11-9-14(13-21)10-12-16/h4-13,17H,1-3H3,(H,20,22)/t17-/m0/s1. The molecule has 0 aromatic heterocycles. The number of carbonyl (C=O) groups excluding carboxylic acids is 2. The quantitative estimate of drug-likeness (QED) is 0.873. The molecule has 0 saturated carbocycles. The lowest BCUT2D eigenvalue weighted by molar-refractivity contribution is -0.129. The van der Waals surface area contributed by atoms with Gasteiger partial charge in [-0.25, -0.2) is 0 Å². The first-order chi connectivity index (χ1) is 10.4. The van der Waals surface area contributed by atoms with Gasteiger partial charge in [0.25, 0.3) is 0 Å². The lowest BCUT2D eigenvalue weighted by Crippen LogP contribution is -2.37. The molecule has 2 rings (SSSR count). The summed E-state index contributed by atoms with van der Waals surface area (Å²) in [6.07, 6.45) is 0.815. The molecule has 0 heterocycles. The molecule has 3 heteroatoms. The number of nitrogens with one attached hydrogen (secondary N) is 1. The van der Waals surface area contributed by atoms with Crippen LogP contribution in [0.3, 0.4) is 0 Å². The second kappa shape index (κ2) is 6.56. The van der Waals surface area contributed by atoms with Crippen molar-refractivity contribution in [1.82, 2.24) is 5.32 Å². The Balaban J connectivity index is 2.37. The van der Waals surface area contributed by atoms with Crippen LogP contribution in [0.5, 0.6) is 0 Å². The maximum atomic E-state index is 12.4. The van der Waals surface area contributed by atoms with Gasteiger partial charge < -0.3 is 5.32 Å². The number of hydrogen-bond acceptors (Lipinski definition) is 2. The summed E-state index contributed by atoms with van der Waals surface area (Å²) in [5.74, 6) is -0.0131. The first kappa shape index (κ1) is 16.0. The van der Waals surface area contributed by atoms with Gasteiger partial charge in [-0.15, -0.1) is 0 Å². The van der Waals surface area contributed by atoms with Crippen LogP contribution >= 0.6 is 0 Å². The summed E-state index contributed by atoms with van der Waals surface area (Å²) in [5, 5.41) is 3.10. The Hall–Kier alpha value is -2.42. The highest BCUT2D eigenvalue weighted by atomic mass is 16.2. The van der Waals surface area contributed by atoms with Gasteiger partial charge in [0.15, 0.2) is 0 Å². The molecular weight excluding hydrogens is 274 g/mol. The van der Waals surface area contributed by atoms with Gasteiger partial charge in [-0.2, -0.15) is 0 Å². The molecule has 0 spiro atoms. The predicted molar refractivity (Wildman–Crippen MR) is 87.7 cm³/mol. The van der Waals surface area contributed by atoms with Crippen molar-refractivity contribution in [2.75, 3.05) is 0 Å². The van der Waals surface area contributed by atoms with E-state index in [1.165, 1.54) is 0 Å². The third kappa shape index (κ3) is 3.82. The molecule has 0 radical (unpaired) electrons. The Labute approximate surface area is 131 Å². The van der Waals surface area contributed by atoms with Crippen molar-refractivity contribution in [2.24, 2.45) is 5.41 Å². The Morgan fingerprint density at radius 1 is 0.955 bits per heavy atom. The molecule has 2 aromatic carbocycles. The van der Waals surface area contributed by atoms with Crippen LogP contribution in [0.4, 0.5) is 0 Å². The van der Waals surface area contributed by atoms with Crippen LogP contribution in [-0.4, -0.2) is 12.2 Å². The first-order valence-electron chi connectivity index (χ1n) is 7.33. The number of rotatable bonds is 4. The summed E-state index contributed by atoms with van der Waals surface area (Å²) in [6.45, 7) is 5.67. The Bertz CT molecular complexity index is 639. The molecule has 0 fully saturated rings. The maximum absolute atomic E-state index is 12.4. The number of carbonyl (C=O) groups is 2. The summed E-state index contributed by atoms with van der Waals surface area (Å²) in [7, 11) is 0. The molecule has 3 nitrogen and oxygen atoms in total. The second-order valence-corrected chi connectivity index (χ2v) is 6.35. The van der Waals surface area contributed by atoms with Crippen LogP contribution < -0.4 is 5.32 Å². The van der Waals surface area contributed by atoms with E-state index in [-0.39, 0.29) is 11.9 Å². The van der Waals surface area contributed by atoms with Gasteiger partial charge in [0.2, 0.25) is 5.91 Å². The molecule has 0 aliphatic carbocycles. The smallest absolute Gasteiger partial charge is 0.226 e. The first-order valence-corrected chi connectivity index (χ1v) is 7.33. The topological polar surface area (TPSA) is 46.2 Å². The minimum absolute atomic E-state index is 0.0131. The van der Waals surface area contributed by atoms with Crippen LogP contribution in [-0.2, 0) is 4.79 Å². The predicted octanol–water partition coefficient (Wildman–Crippen LogP) is 3.75. The molecule has 0 unspecified atom stereocenters. The number of aldehydes is 1. The Kier molecular flexibility index (Phi) is 4.76. The highest BCUT2D eigenvalue weighted by Crippen LogP contribution is 2.24. The third-order valence-electron chi connectivity index (χ3n) is 3.50. The Morgan fingerprint density at radius 3 is 2.00 bits per heavy atom. The SMILES string of the molecule is CC(C)(C)C(=O)N[C@@H](c1ccccc1)c1ccc(C=O)cc1. The highest BCUT2D eigenvalue weighted by Gasteiger charge is 2.25. The molecule has 0 aliphatic rings. The zero-order chi connectivity index (χ0) is 16.2. The van der Waals surface area contributed by atoms with Crippen LogP contribution in [0.2, 0.25) is 0 Å². The highest BCUT2D eigenvalue weighted by molar-refractivity contribution is 5.82. The maximum Gasteiger partial charge on any atom is 0.226 e. The summed E-state index contributed by atoms with van der Waals surface area (Å²) >= 11 is 0. The summed E-state index contributed by atoms with van der Waals surface area (Å²) in [6, 6.07) is 16.9. The zero-order valence-electron chi connectivity index (χ0n) is 13.2. The third-order valence-corrected chi connectivity index (χ3v) is 3.50. The minimum Gasteiger partial charge on any atom is -0.345 e. The van der Waals surface area contributed by atoms with E-state index in [0.29, 0.717) is 5.56 Å². The monoisotopic (exact) mass is 295 g/mol. The largest absolute Gasteiger partial charge is 0.345 e. The number of amides is 1. The average Bonchev–Trinajstić information content (AvgIpc) is 2.52. The normalized spacial score (nSPS) is 12.5. The van der Waals surface area contributed by atoms with Crippen LogP contribution in [0.1, 0.15) is 48.3 Å². The van der Waals surface area contributed by atoms with Crippen LogP contribution in [0.25, 0.3) is 0 Å². The van der Waals surface area contributed by atoms with Crippen molar-refractivity contribution in [1.29, 1.82) is 0 Å². The van der Waals surface area contributed by atoms with Crippen molar-refractivity contribution in [3.8, 4) is 0 Å². The Morgan fingerprint density at radius 2 is 1.50 bits per heavy atom. The lowest BCUT2D eigenvalue weighted by Gasteiger charge is -2.25. The van der Waals surface area contributed by atoms with Gasteiger partial charge in [-0.05, 0) is 11.1 Å². The van der Waals surface area contributed by atoms with Gasteiger partial charge in [0.1, 0.15) is 6.29 Å². The van der Waals surface area contributed by atoms with Crippen molar-refractivity contribution in [2.45, 2.75) is 26.8 Å². The van der Waals surface area contributed by atoms with Crippen molar-refractivity contribution >= 4 is 12.2 Å². The molecule has 1 atom stereocenters. The molecule has 0 bridgehead atoms. The molecule has 2 aromatic rings. The molecule has 0 aliphatic heterocycles. The fourth-order valence-corrected chi connectivity index (χ4v) is 2.12. The van der Waals surface area contributed by atoms with Crippen molar-refractivity contribution in [3.63, 3.8) is 0 Å². The fourth-order valence-electron chi connectivity index (χ4n) is 2.12. The molecule has 114 valence electrons. The average molecular weight is 295 g/mol. The van der Waals surface area contributed by atoms with Crippen molar-refractivity contribution in [3.05, 3.63) is 71.3 Å². The number of benzene rings is 2. The van der Waals surface area contributed by atoms with Crippen molar-refractivity contribution < 1.29 is 9.59 Å². The van der Waals surface area contributed by atoms with Crippen LogP contribution in [0.15, 0.2) is 54.6 Å². The fraction of sp³-hybridized carbons (Fsp3) is 0.263. The van der Waals surface area contributed by atoms with Gasteiger partial charge in [-0.1, -0.05) is 75.4 Å². The minimum atomic E-state index is -0.463. The zero-order valence-corrected chi connectivity index (χ0v) is 13.2. The van der Waals surface area contributed by atoms with Gasteiger partial charge >= 0.3 is 0 Å². The van der Waals surface area contributed by atoms with E-state index in [4.69, 9.17) is 0 Å². The van der Waals surface area contributed by atoms with E-state index in [1.54, 1.807) is 12.1 Å². The van der Waals surface area contributed by atoms with E-state index in [1.807, 2.05) is 63.2 Å². The molecule has 0 saturated heterocycles. The lowest BCUT2D eigenvalue weighted by atomic mass is 9.92. The second-order valence-electron chi connectivity index (χ2n) is 6.35. The summed E-state index contributed by atoms with van der Waals surface area (Å²) in [4.78, 5) is 23.2. The van der Waals surface area contributed by atoms with Crippen LogP contribution in [0, 0.1) is 5.41 Å². The van der Waals surface area contributed by atoms with E-state index in [2.05, 4.69) is 5.32 Å². The van der Waals surface area contributed by atoms with Gasteiger partial charge in [0.05, 0.1) is 6.04 Å². The molecule has 22 heavy (non-hydrogen) atoms. The molecule has 1 amide bonds. The van der Waals surface area contributed by atoms with E-state index in [0.717, 1.165) is 17.4 Å². The summed E-state index contributed by atoms with van der Waals surface area (Å²) in [5.41, 5.74) is 2.13. The summed E-state index contributed by atoms with van der Waals surface area (Å²) < 4.78 is 0. The van der Waals surface area contributed by atoms with Gasteiger partial charge in [0, 0.05) is 11.0 Å². The van der Waals surface area contributed by atoms with E-state index >= 15 is 0 Å². The van der Waals surface area contributed by atoms with E-state index in [9.17, 15) is 9.59 Å². The molecular formula is C19H21NO2. The van der Waals surface area contributed by atoms with Gasteiger partial charge in [-0.3, -0.25) is 9.59 Å². The number of hydrogen-bond donors (Lipinski definition) is 1. The molecule has 1 N–H and O–H groups in total. The van der Waals surface area contributed by atoms with E-state index < -0.39 is 5.41 Å².